The van der Waals surface area contributed by atoms with Crippen molar-refractivity contribution < 1.29 is 4.39 Å². The van der Waals surface area contributed by atoms with Gasteiger partial charge in [-0.15, -0.1) is 6.42 Å². The molecule has 1 fully saturated rings. The average molecular weight is 245 g/mol. The van der Waals surface area contributed by atoms with Crippen LogP contribution in [0.5, 0.6) is 0 Å². The fourth-order valence-electron chi connectivity index (χ4n) is 2.60. The summed E-state index contributed by atoms with van der Waals surface area (Å²) in [4.78, 5) is 0. The fourth-order valence-corrected chi connectivity index (χ4v) is 2.60. The van der Waals surface area contributed by atoms with Crippen molar-refractivity contribution in [1.82, 2.24) is 5.32 Å². The second-order valence-electron chi connectivity index (χ2n) is 5.06. The maximum Gasteiger partial charge on any atom is 0.126 e. The summed E-state index contributed by atoms with van der Waals surface area (Å²) in [5.74, 6) is 3.05. The first-order valence-electron chi connectivity index (χ1n) is 6.71. The highest BCUT2D eigenvalue weighted by molar-refractivity contribution is 5.25. The van der Waals surface area contributed by atoms with Crippen LogP contribution in [0.2, 0.25) is 0 Å². The average Bonchev–Trinajstić information content (AvgIpc) is 2.33. The lowest BCUT2D eigenvalue weighted by Crippen LogP contribution is -2.45. The highest BCUT2D eigenvalue weighted by atomic mass is 19.1. The summed E-state index contributed by atoms with van der Waals surface area (Å²) in [5, 5.41) is 3.46. The summed E-state index contributed by atoms with van der Waals surface area (Å²) >= 11 is 0. The van der Waals surface area contributed by atoms with E-state index in [1.807, 2.05) is 12.1 Å². The maximum atomic E-state index is 13.6. The van der Waals surface area contributed by atoms with Gasteiger partial charge >= 0.3 is 0 Å². The van der Waals surface area contributed by atoms with Crippen LogP contribution in [0.4, 0.5) is 4.39 Å². The summed E-state index contributed by atoms with van der Waals surface area (Å²) in [6.07, 6.45) is 9.56. The molecule has 0 aliphatic heterocycles. The van der Waals surface area contributed by atoms with Gasteiger partial charge in [-0.25, -0.2) is 4.39 Å². The Morgan fingerprint density at radius 2 is 2.17 bits per heavy atom. The number of hydrogen-bond acceptors (Lipinski definition) is 1. The normalized spacial score (nSPS) is 24.1. The van der Waals surface area contributed by atoms with Crippen LogP contribution < -0.4 is 5.32 Å². The van der Waals surface area contributed by atoms with Crippen LogP contribution in [0.25, 0.3) is 0 Å². The van der Waals surface area contributed by atoms with Gasteiger partial charge < -0.3 is 5.32 Å². The molecule has 0 aromatic heterocycles. The van der Waals surface area contributed by atoms with Crippen molar-refractivity contribution in [3.8, 4) is 12.3 Å². The molecular weight excluding hydrogens is 225 g/mol. The molecule has 0 bridgehead atoms. The highest BCUT2D eigenvalue weighted by Gasteiger charge is 2.32. The van der Waals surface area contributed by atoms with Gasteiger partial charge in [-0.2, -0.15) is 0 Å². The van der Waals surface area contributed by atoms with E-state index in [0.29, 0.717) is 12.0 Å². The highest BCUT2D eigenvalue weighted by Crippen LogP contribution is 2.38. The van der Waals surface area contributed by atoms with Gasteiger partial charge in [0.1, 0.15) is 5.82 Å². The first kappa shape index (κ1) is 13.1. The molecule has 1 aromatic rings. The number of nitrogens with one attached hydrogen (secondary N) is 1. The first-order chi connectivity index (χ1) is 8.74. The predicted octanol–water partition coefficient (Wildman–Crippen LogP) is 3.46. The third-order valence-corrected chi connectivity index (χ3v) is 3.70. The Labute approximate surface area is 109 Å². The molecular formula is C16H20FN. The van der Waals surface area contributed by atoms with E-state index < -0.39 is 0 Å². The van der Waals surface area contributed by atoms with Crippen LogP contribution in [0.3, 0.4) is 0 Å². The lowest BCUT2D eigenvalue weighted by atomic mass is 9.75. The topological polar surface area (TPSA) is 12.0 Å². The fraction of sp³-hybridized carbons (Fsp3) is 0.500. The minimum atomic E-state index is -0.0805. The van der Waals surface area contributed by atoms with E-state index in [-0.39, 0.29) is 11.9 Å². The lowest BCUT2D eigenvalue weighted by Gasteiger charge is -2.38. The van der Waals surface area contributed by atoms with Crippen molar-refractivity contribution in [2.45, 2.75) is 50.6 Å². The Kier molecular flexibility index (Phi) is 4.38. The molecule has 0 amide bonds. The summed E-state index contributed by atoms with van der Waals surface area (Å²) in [6, 6.07) is 7.69. The quantitative estimate of drug-likeness (QED) is 0.783. The van der Waals surface area contributed by atoms with Crippen molar-refractivity contribution in [2.75, 3.05) is 0 Å². The van der Waals surface area contributed by atoms with Crippen molar-refractivity contribution >= 4 is 0 Å². The largest absolute Gasteiger partial charge is 0.301 e. The second-order valence-corrected chi connectivity index (χ2v) is 5.06. The van der Waals surface area contributed by atoms with E-state index in [4.69, 9.17) is 6.42 Å². The SMILES string of the molecule is C#CC(CCC)NC1CC(c2ccccc2F)C1. The monoisotopic (exact) mass is 245 g/mol. The number of halogens is 1. The number of rotatable bonds is 5. The summed E-state index contributed by atoms with van der Waals surface area (Å²) in [7, 11) is 0. The van der Waals surface area contributed by atoms with Crippen LogP contribution in [-0.2, 0) is 0 Å². The Bertz CT molecular complexity index is 429. The summed E-state index contributed by atoms with van der Waals surface area (Å²) in [5.41, 5.74) is 0.850. The van der Waals surface area contributed by atoms with E-state index in [2.05, 4.69) is 18.2 Å². The van der Waals surface area contributed by atoms with E-state index in [1.165, 1.54) is 6.07 Å². The van der Waals surface area contributed by atoms with Gasteiger partial charge in [-0.1, -0.05) is 37.5 Å². The number of hydrogen-bond donors (Lipinski definition) is 1. The van der Waals surface area contributed by atoms with Gasteiger partial charge in [0.25, 0.3) is 0 Å². The van der Waals surface area contributed by atoms with E-state index in [1.54, 1.807) is 6.07 Å². The van der Waals surface area contributed by atoms with Crippen molar-refractivity contribution in [3.63, 3.8) is 0 Å². The third-order valence-electron chi connectivity index (χ3n) is 3.70. The minimum absolute atomic E-state index is 0.0805. The van der Waals surface area contributed by atoms with Gasteiger partial charge in [0.15, 0.2) is 0 Å². The van der Waals surface area contributed by atoms with Crippen molar-refractivity contribution in [1.29, 1.82) is 0 Å². The number of benzene rings is 1. The molecule has 1 atom stereocenters. The van der Waals surface area contributed by atoms with Gasteiger partial charge in [-0.3, -0.25) is 0 Å². The lowest BCUT2D eigenvalue weighted by molar-refractivity contribution is 0.271. The van der Waals surface area contributed by atoms with E-state index >= 15 is 0 Å². The van der Waals surface area contributed by atoms with Gasteiger partial charge in [0.2, 0.25) is 0 Å². The Hall–Kier alpha value is -1.33. The molecule has 1 aliphatic rings. The van der Waals surface area contributed by atoms with E-state index in [9.17, 15) is 4.39 Å². The van der Waals surface area contributed by atoms with Gasteiger partial charge in [0.05, 0.1) is 6.04 Å². The molecule has 1 saturated carbocycles. The molecule has 0 spiro atoms. The second kappa shape index (κ2) is 6.02. The molecule has 2 rings (SSSR count). The van der Waals surface area contributed by atoms with Crippen LogP contribution in [0.1, 0.15) is 44.1 Å². The van der Waals surface area contributed by atoms with Crippen LogP contribution in [0.15, 0.2) is 24.3 Å². The molecule has 1 unspecified atom stereocenters. The Morgan fingerprint density at radius 1 is 1.44 bits per heavy atom. The minimum Gasteiger partial charge on any atom is -0.301 e. The number of terminal acetylenes is 1. The Balaban J connectivity index is 1.84. The van der Waals surface area contributed by atoms with Gasteiger partial charge in [-0.05, 0) is 36.8 Å². The van der Waals surface area contributed by atoms with Crippen molar-refractivity contribution in [3.05, 3.63) is 35.6 Å². The molecule has 1 aromatic carbocycles. The first-order valence-corrected chi connectivity index (χ1v) is 6.71. The van der Waals surface area contributed by atoms with Crippen LogP contribution in [-0.4, -0.2) is 12.1 Å². The standard InChI is InChI=1S/C16H20FN/c1-3-7-13(4-2)18-14-10-12(11-14)15-8-5-6-9-16(15)17/h2,5-6,8-9,12-14,18H,3,7,10-11H2,1H3. The Morgan fingerprint density at radius 3 is 2.78 bits per heavy atom. The molecule has 96 valence electrons. The third kappa shape index (κ3) is 2.91. The molecule has 1 N–H and O–H groups in total. The molecule has 18 heavy (non-hydrogen) atoms. The van der Waals surface area contributed by atoms with Gasteiger partial charge in [0, 0.05) is 6.04 Å². The molecule has 0 saturated heterocycles. The molecule has 1 nitrogen and oxygen atoms in total. The zero-order valence-electron chi connectivity index (χ0n) is 10.8. The molecule has 0 radical (unpaired) electrons. The zero-order valence-corrected chi connectivity index (χ0v) is 10.8. The van der Waals surface area contributed by atoms with Crippen LogP contribution in [0, 0.1) is 18.2 Å². The molecule has 2 heteroatoms. The maximum absolute atomic E-state index is 13.6. The summed E-state index contributed by atoms with van der Waals surface area (Å²) < 4.78 is 13.6. The smallest absolute Gasteiger partial charge is 0.126 e. The zero-order chi connectivity index (χ0) is 13.0. The van der Waals surface area contributed by atoms with Crippen LogP contribution >= 0.6 is 0 Å². The summed E-state index contributed by atoms with van der Waals surface area (Å²) in [6.45, 7) is 2.13. The molecule has 1 aliphatic carbocycles. The van der Waals surface area contributed by atoms with E-state index in [0.717, 1.165) is 31.2 Å². The molecule has 0 heterocycles. The predicted molar refractivity (Wildman–Crippen MR) is 72.8 cm³/mol. The van der Waals surface area contributed by atoms with Crippen molar-refractivity contribution in [2.24, 2.45) is 0 Å².